The molecule has 0 spiro atoms. The van der Waals surface area contributed by atoms with Gasteiger partial charge in [-0.05, 0) is 19.3 Å². The molecule has 1 aliphatic heterocycles. The van der Waals surface area contributed by atoms with Gasteiger partial charge in [-0.15, -0.1) is 0 Å². The predicted octanol–water partition coefficient (Wildman–Crippen LogP) is 0.0441. The van der Waals surface area contributed by atoms with Gasteiger partial charge < -0.3 is 10.6 Å². The van der Waals surface area contributed by atoms with Gasteiger partial charge in [-0.1, -0.05) is 19.8 Å². The lowest BCUT2D eigenvalue weighted by molar-refractivity contribution is -0.133. The second kappa shape index (κ2) is 7.21. The number of hydrogen-bond donors (Lipinski definition) is 2. The number of amides is 1. The summed E-state index contributed by atoms with van der Waals surface area (Å²) in [6.45, 7) is 3.22. The van der Waals surface area contributed by atoms with Crippen molar-refractivity contribution < 1.29 is 13.2 Å². The lowest BCUT2D eigenvalue weighted by Crippen LogP contribution is -2.50. The molecule has 0 aliphatic carbocycles. The first-order valence-electron chi connectivity index (χ1n) is 6.85. The number of rotatable bonds is 6. The molecule has 112 valence electrons. The van der Waals surface area contributed by atoms with Crippen molar-refractivity contribution in [1.82, 2.24) is 9.62 Å². The third-order valence-corrected chi connectivity index (χ3v) is 4.13. The third-order valence-electron chi connectivity index (χ3n) is 3.37. The van der Waals surface area contributed by atoms with Crippen LogP contribution in [0.4, 0.5) is 0 Å². The number of likely N-dealkylation sites (tertiary alicyclic amines) is 1. The molecule has 0 saturated carbocycles. The quantitative estimate of drug-likeness (QED) is 0.723. The summed E-state index contributed by atoms with van der Waals surface area (Å²) >= 11 is 0. The van der Waals surface area contributed by atoms with Crippen LogP contribution in [0.15, 0.2) is 0 Å². The van der Waals surface area contributed by atoms with E-state index >= 15 is 0 Å². The van der Waals surface area contributed by atoms with E-state index in [4.69, 9.17) is 5.73 Å². The zero-order valence-electron chi connectivity index (χ0n) is 11.8. The Morgan fingerprint density at radius 2 is 2.00 bits per heavy atom. The van der Waals surface area contributed by atoms with Crippen molar-refractivity contribution >= 4 is 15.9 Å². The van der Waals surface area contributed by atoms with Gasteiger partial charge >= 0.3 is 0 Å². The van der Waals surface area contributed by atoms with E-state index in [0.29, 0.717) is 25.9 Å². The SMILES string of the molecule is CCCC[C@H](N)C(=O)N1CCC(NS(C)(=O)=O)CC1. The highest BCUT2D eigenvalue weighted by Crippen LogP contribution is 2.13. The molecule has 3 N–H and O–H groups in total. The molecular weight excluding hydrogens is 266 g/mol. The number of piperidine rings is 1. The number of carbonyl (C=O) groups is 1. The van der Waals surface area contributed by atoms with Crippen molar-refractivity contribution in [2.24, 2.45) is 5.73 Å². The van der Waals surface area contributed by atoms with Gasteiger partial charge in [0.2, 0.25) is 15.9 Å². The highest BCUT2D eigenvalue weighted by Gasteiger charge is 2.27. The molecule has 0 unspecified atom stereocenters. The summed E-state index contributed by atoms with van der Waals surface area (Å²) in [6, 6.07) is -0.481. The van der Waals surface area contributed by atoms with Crippen LogP contribution in [0.2, 0.25) is 0 Å². The summed E-state index contributed by atoms with van der Waals surface area (Å²) in [5.41, 5.74) is 5.87. The molecule has 0 bridgehead atoms. The standard InChI is InChI=1S/C12H25N3O3S/c1-3-4-5-11(13)12(16)15-8-6-10(7-9-15)14-19(2,17)18/h10-11,14H,3-9,13H2,1-2H3/t11-/m0/s1. The number of nitrogens with zero attached hydrogens (tertiary/aromatic N) is 1. The molecule has 1 rings (SSSR count). The predicted molar refractivity (Wildman–Crippen MR) is 75.1 cm³/mol. The van der Waals surface area contributed by atoms with E-state index in [-0.39, 0.29) is 11.9 Å². The van der Waals surface area contributed by atoms with E-state index in [9.17, 15) is 13.2 Å². The average Bonchev–Trinajstić information content (AvgIpc) is 2.34. The first-order valence-corrected chi connectivity index (χ1v) is 8.74. The number of unbranched alkanes of at least 4 members (excludes halogenated alkanes) is 1. The monoisotopic (exact) mass is 291 g/mol. The van der Waals surface area contributed by atoms with Gasteiger partial charge in [-0.3, -0.25) is 4.79 Å². The largest absolute Gasteiger partial charge is 0.341 e. The van der Waals surface area contributed by atoms with E-state index in [2.05, 4.69) is 11.6 Å². The Hall–Kier alpha value is -0.660. The van der Waals surface area contributed by atoms with E-state index in [0.717, 1.165) is 25.5 Å². The molecule has 6 nitrogen and oxygen atoms in total. The maximum Gasteiger partial charge on any atom is 0.239 e. The van der Waals surface area contributed by atoms with Gasteiger partial charge in [-0.25, -0.2) is 13.1 Å². The van der Waals surface area contributed by atoms with Crippen molar-refractivity contribution in [3.8, 4) is 0 Å². The lowest BCUT2D eigenvalue weighted by atomic mass is 10.0. The maximum absolute atomic E-state index is 12.1. The minimum Gasteiger partial charge on any atom is -0.341 e. The van der Waals surface area contributed by atoms with Crippen LogP contribution in [-0.4, -0.2) is 50.7 Å². The molecule has 1 heterocycles. The minimum atomic E-state index is -3.17. The third kappa shape index (κ3) is 5.88. The second-order valence-electron chi connectivity index (χ2n) is 5.24. The molecule has 19 heavy (non-hydrogen) atoms. The smallest absolute Gasteiger partial charge is 0.239 e. The Balaban J connectivity index is 2.38. The molecular formula is C12H25N3O3S. The topological polar surface area (TPSA) is 92.5 Å². The molecule has 1 aliphatic rings. The van der Waals surface area contributed by atoms with Gasteiger partial charge in [0.25, 0.3) is 0 Å². The lowest BCUT2D eigenvalue weighted by Gasteiger charge is -2.33. The normalized spacial score (nSPS) is 19.4. The summed E-state index contributed by atoms with van der Waals surface area (Å²) in [6.07, 6.45) is 5.17. The summed E-state index contributed by atoms with van der Waals surface area (Å²) in [4.78, 5) is 13.8. The summed E-state index contributed by atoms with van der Waals surface area (Å²) in [5.74, 6) is -0.00810. The Kier molecular flexibility index (Phi) is 6.22. The zero-order chi connectivity index (χ0) is 14.5. The molecule has 1 fully saturated rings. The van der Waals surface area contributed by atoms with Gasteiger partial charge in [-0.2, -0.15) is 0 Å². The van der Waals surface area contributed by atoms with Crippen LogP contribution in [0.5, 0.6) is 0 Å². The fraction of sp³-hybridized carbons (Fsp3) is 0.917. The number of sulfonamides is 1. The van der Waals surface area contributed by atoms with Crippen LogP contribution in [0.1, 0.15) is 39.0 Å². The zero-order valence-corrected chi connectivity index (χ0v) is 12.6. The highest BCUT2D eigenvalue weighted by atomic mass is 32.2. The Labute approximate surface area is 115 Å². The van der Waals surface area contributed by atoms with Crippen molar-refractivity contribution in [2.75, 3.05) is 19.3 Å². The molecule has 0 radical (unpaired) electrons. The Morgan fingerprint density at radius 1 is 1.42 bits per heavy atom. The van der Waals surface area contributed by atoms with Gasteiger partial charge in [0.05, 0.1) is 12.3 Å². The first-order chi connectivity index (χ1) is 8.83. The van der Waals surface area contributed by atoms with E-state index in [1.807, 2.05) is 0 Å². The molecule has 7 heteroatoms. The Morgan fingerprint density at radius 3 is 2.47 bits per heavy atom. The Bertz CT molecular complexity index is 389. The van der Waals surface area contributed by atoms with Crippen LogP contribution in [-0.2, 0) is 14.8 Å². The van der Waals surface area contributed by atoms with Crippen molar-refractivity contribution in [3.63, 3.8) is 0 Å². The molecule has 0 aromatic heterocycles. The summed E-state index contributed by atoms with van der Waals surface area (Å²) < 4.78 is 24.8. The van der Waals surface area contributed by atoms with Gasteiger partial charge in [0.1, 0.15) is 0 Å². The maximum atomic E-state index is 12.1. The molecule has 0 aromatic carbocycles. The van der Waals surface area contributed by atoms with Crippen LogP contribution in [0.25, 0.3) is 0 Å². The van der Waals surface area contributed by atoms with Crippen LogP contribution in [0.3, 0.4) is 0 Å². The summed E-state index contributed by atoms with van der Waals surface area (Å²) in [5, 5.41) is 0. The number of nitrogens with one attached hydrogen (secondary N) is 1. The van der Waals surface area contributed by atoms with E-state index in [1.165, 1.54) is 0 Å². The van der Waals surface area contributed by atoms with Crippen LogP contribution < -0.4 is 10.5 Å². The van der Waals surface area contributed by atoms with Crippen molar-refractivity contribution in [1.29, 1.82) is 0 Å². The average molecular weight is 291 g/mol. The number of hydrogen-bond acceptors (Lipinski definition) is 4. The van der Waals surface area contributed by atoms with E-state index in [1.54, 1.807) is 4.90 Å². The molecule has 0 aromatic rings. The fourth-order valence-electron chi connectivity index (χ4n) is 2.30. The molecule has 1 saturated heterocycles. The molecule has 1 atom stereocenters. The van der Waals surface area contributed by atoms with Crippen molar-refractivity contribution in [2.45, 2.75) is 51.1 Å². The highest BCUT2D eigenvalue weighted by molar-refractivity contribution is 7.88. The van der Waals surface area contributed by atoms with Crippen molar-refractivity contribution in [3.05, 3.63) is 0 Å². The molecule has 1 amide bonds. The second-order valence-corrected chi connectivity index (χ2v) is 7.02. The van der Waals surface area contributed by atoms with Crippen LogP contribution in [0, 0.1) is 0 Å². The fourth-order valence-corrected chi connectivity index (χ4v) is 3.14. The summed E-state index contributed by atoms with van der Waals surface area (Å²) in [7, 11) is -3.17. The van der Waals surface area contributed by atoms with Gasteiger partial charge in [0, 0.05) is 19.1 Å². The number of nitrogens with two attached hydrogens (primary N) is 1. The van der Waals surface area contributed by atoms with Gasteiger partial charge in [0.15, 0.2) is 0 Å². The minimum absolute atomic E-state index is 0.00810. The van der Waals surface area contributed by atoms with Crippen LogP contribution >= 0.6 is 0 Å². The van der Waals surface area contributed by atoms with E-state index < -0.39 is 16.1 Å². The first kappa shape index (κ1) is 16.4. The number of carbonyl (C=O) groups excluding carboxylic acids is 1.